The molecule has 1 heterocycles. The quantitative estimate of drug-likeness (QED) is 0.658. The van der Waals surface area contributed by atoms with Crippen LogP contribution in [0.5, 0.6) is 0 Å². The number of hydrogen-bond donors (Lipinski definition) is 0. The molecule has 0 aromatic rings. The van der Waals surface area contributed by atoms with Gasteiger partial charge in [-0.1, -0.05) is 19.3 Å². The fourth-order valence-electron chi connectivity index (χ4n) is 3.59. The van der Waals surface area contributed by atoms with E-state index in [4.69, 9.17) is 0 Å². The van der Waals surface area contributed by atoms with Crippen LogP contribution in [-0.4, -0.2) is 37.8 Å². The second-order valence-electron chi connectivity index (χ2n) is 6.36. The van der Waals surface area contributed by atoms with Crippen molar-refractivity contribution in [1.82, 2.24) is 0 Å². The largest absolute Gasteiger partial charge is 0.326 e. The molecule has 1 saturated carbocycles. The normalized spacial score (nSPS) is 37.5. The zero-order chi connectivity index (χ0) is 11.4. The van der Waals surface area contributed by atoms with Crippen LogP contribution in [0, 0.1) is 11.8 Å². The van der Waals surface area contributed by atoms with E-state index in [-0.39, 0.29) is 6.61 Å². The maximum absolute atomic E-state index is 10.9. The van der Waals surface area contributed by atoms with Crippen molar-refractivity contribution in [3.8, 4) is 0 Å². The molecule has 2 aliphatic rings. The lowest BCUT2D eigenvalue weighted by Gasteiger charge is -2.42. The van der Waals surface area contributed by atoms with Crippen molar-refractivity contribution in [2.45, 2.75) is 44.9 Å². The highest BCUT2D eigenvalue weighted by molar-refractivity contribution is 4.68. The summed E-state index contributed by atoms with van der Waals surface area (Å²) < 4.78 is 1.25. The average molecular weight is 225 g/mol. The molecule has 1 aliphatic carbocycles. The molecule has 1 aliphatic heterocycles. The van der Waals surface area contributed by atoms with Gasteiger partial charge in [0, 0.05) is 18.8 Å². The smallest absolute Gasteiger partial charge is 0.0854 e. The summed E-state index contributed by atoms with van der Waals surface area (Å²) in [4.78, 5) is 0. The Hall–Kier alpha value is -0.0800. The summed E-state index contributed by atoms with van der Waals surface area (Å²) in [6.07, 6.45) is 9.62. The molecule has 2 fully saturated rings. The van der Waals surface area contributed by atoms with Crippen molar-refractivity contribution in [1.29, 1.82) is 0 Å². The van der Waals surface area contributed by atoms with Crippen LogP contribution < -0.4 is 0 Å². The molecule has 0 amide bonds. The van der Waals surface area contributed by atoms with Crippen molar-refractivity contribution in [2.24, 2.45) is 11.8 Å². The van der Waals surface area contributed by atoms with Crippen LogP contribution in [0.1, 0.15) is 44.9 Å². The minimum atomic E-state index is 0.156. The Labute approximate surface area is 100 Å². The number of rotatable bonds is 3. The van der Waals surface area contributed by atoms with E-state index in [2.05, 4.69) is 7.05 Å². The summed E-state index contributed by atoms with van der Waals surface area (Å²) in [5.41, 5.74) is 0. The van der Waals surface area contributed by atoms with E-state index < -0.39 is 0 Å². The third-order valence-corrected chi connectivity index (χ3v) is 4.81. The molecule has 2 nitrogen and oxygen atoms in total. The number of nitrogens with zero attached hydrogens (tertiary/aromatic N) is 1. The molecule has 16 heavy (non-hydrogen) atoms. The van der Waals surface area contributed by atoms with E-state index in [0.29, 0.717) is 5.92 Å². The molecular weight excluding hydrogens is 198 g/mol. The Morgan fingerprint density at radius 1 is 0.938 bits per heavy atom. The predicted octanol–water partition coefficient (Wildman–Crippen LogP) is 2.85. The Morgan fingerprint density at radius 3 is 2.12 bits per heavy atom. The van der Waals surface area contributed by atoms with Gasteiger partial charge in [0.05, 0.1) is 33.3 Å². The zero-order valence-electron chi connectivity index (χ0n) is 10.8. The molecule has 1 saturated heterocycles. The number of hydrogen-bond acceptors (Lipinski definition) is 0. The Bertz CT molecular complexity index is 203. The van der Waals surface area contributed by atoms with Crippen molar-refractivity contribution in [3.63, 3.8) is 0 Å². The summed E-state index contributed by atoms with van der Waals surface area (Å²) in [7, 11) is 2.41. The summed E-state index contributed by atoms with van der Waals surface area (Å²) >= 11 is 0. The Balaban J connectivity index is 1.79. The van der Waals surface area contributed by atoms with Gasteiger partial charge in [0.1, 0.15) is 0 Å². The zero-order valence-corrected chi connectivity index (χ0v) is 10.8. The van der Waals surface area contributed by atoms with Crippen LogP contribution in [-0.2, 0) is 5.11 Å². The highest BCUT2D eigenvalue weighted by atomic mass is 16.3. The SMILES string of the molecule is C[N+]1(CC2CCCCC2)CCC(C[O])CC1. The lowest BCUT2D eigenvalue weighted by Crippen LogP contribution is -2.52. The molecule has 0 atom stereocenters. The number of piperidine rings is 1. The van der Waals surface area contributed by atoms with Gasteiger partial charge in [-0.05, 0) is 18.8 Å². The van der Waals surface area contributed by atoms with E-state index in [1.54, 1.807) is 0 Å². The van der Waals surface area contributed by atoms with Crippen molar-refractivity contribution in [2.75, 3.05) is 33.3 Å². The van der Waals surface area contributed by atoms with E-state index >= 15 is 0 Å². The number of quaternary nitrogens is 1. The fraction of sp³-hybridized carbons (Fsp3) is 1.00. The third kappa shape index (κ3) is 3.21. The van der Waals surface area contributed by atoms with Crippen LogP contribution in [0.3, 0.4) is 0 Å². The van der Waals surface area contributed by atoms with E-state index in [0.717, 1.165) is 5.92 Å². The third-order valence-electron chi connectivity index (χ3n) is 4.81. The first kappa shape index (κ1) is 12.4. The molecule has 1 radical (unpaired) electrons. The van der Waals surface area contributed by atoms with Gasteiger partial charge in [-0.15, -0.1) is 0 Å². The van der Waals surface area contributed by atoms with Gasteiger partial charge in [0.25, 0.3) is 0 Å². The van der Waals surface area contributed by atoms with Gasteiger partial charge >= 0.3 is 0 Å². The summed E-state index contributed by atoms with van der Waals surface area (Å²) in [5, 5.41) is 10.9. The fourth-order valence-corrected chi connectivity index (χ4v) is 3.59. The molecular formula is C14H27NO+. The van der Waals surface area contributed by atoms with Gasteiger partial charge < -0.3 is 4.48 Å². The van der Waals surface area contributed by atoms with Gasteiger partial charge in [0.15, 0.2) is 0 Å². The molecule has 2 heteroatoms. The first-order chi connectivity index (χ1) is 7.72. The molecule has 2 rings (SSSR count). The molecule has 93 valence electrons. The highest BCUT2D eigenvalue weighted by Crippen LogP contribution is 2.29. The maximum atomic E-state index is 10.9. The molecule has 0 bridgehead atoms. The standard InChI is InChI=1S/C14H27NO/c1-15(9-7-14(12-16)8-10-15)11-13-5-3-2-4-6-13/h13-14H,2-12H2,1H3/q+1. The minimum absolute atomic E-state index is 0.156. The molecule has 0 unspecified atom stereocenters. The van der Waals surface area contributed by atoms with Crippen LogP contribution in [0.4, 0.5) is 0 Å². The van der Waals surface area contributed by atoms with Crippen LogP contribution in [0.15, 0.2) is 0 Å². The second-order valence-corrected chi connectivity index (χ2v) is 6.36. The minimum Gasteiger partial charge on any atom is -0.326 e. The first-order valence-corrected chi connectivity index (χ1v) is 7.13. The van der Waals surface area contributed by atoms with Gasteiger partial charge in [0.2, 0.25) is 0 Å². The van der Waals surface area contributed by atoms with Crippen LogP contribution >= 0.6 is 0 Å². The second kappa shape index (κ2) is 5.50. The van der Waals surface area contributed by atoms with E-state index in [9.17, 15) is 5.11 Å². The monoisotopic (exact) mass is 225 g/mol. The van der Waals surface area contributed by atoms with E-state index in [1.165, 1.54) is 69.1 Å². The molecule has 0 aromatic heterocycles. The summed E-state index contributed by atoms with van der Waals surface area (Å²) in [5.74, 6) is 1.46. The maximum Gasteiger partial charge on any atom is 0.0854 e. The summed E-state index contributed by atoms with van der Waals surface area (Å²) in [6.45, 7) is 4.04. The first-order valence-electron chi connectivity index (χ1n) is 7.13. The lowest BCUT2D eigenvalue weighted by molar-refractivity contribution is -0.918. The molecule has 0 spiro atoms. The topological polar surface area (TPSA) is 19.9 Å². The Morgan fingerprint density at radius 2 is 1.56 bits per heavy atom. The van der Waals surface area contributed by atoms with Gasteiger partial charge in [-0.2, -0.15) is 0 Å². The van der Waals surface area contributed by atoms with E-state index in [1.807, 2.05) is 0 Å². The molecule has 0 N–H and O–H groups in total. The Kier molecular flexibility index (Phi) is 4.26. The molecule has 0 aromatic carbocycles. The predicted molar refractivity (Wildman–Crippen MR) is 65.6 cm³/mol. The van der Waals surface area contributed by atoms with Crippen molar-refractivity contribution < 1.29 is 9.59 Å². The van der Waals surface area contributed by atoms with Crippen molar-refractivity contribution in [3.05, 3.63) is 0 Å². The van der Waals surface area contributed by atoms with Crippen LogP contribution in [0.25, 0.3) is 0 Å². The van der Waals surface area contributed by atoms with Crippen LogP contribution in [0.2, 0.25) is 0 Å². The van der Waals surface area contributed by atoms with Gasteiger partial charge in [-0.25, -0.2) is 5.11 Å². The lowest BCUT2D eigenvalue weighted by atomic mass is 9.87. The van der Waals surface area contributed by atoms with Gasteiger partial charge in [-0.3, -0.25) is 0 Å². The highest BCUT2D eigenvalue weighted by Gasteiger charge is 2.32. The number of likely N-dealkylation sites (tertiary alicyclic amines) is 1. The average Bonchev–Trinajstić information content (AvgIpc) is 2.31. The van der Waals surface area contributed by atoms with Crippen molar-refractivity contribution >= 4 is 0 Å². The summed E-state index contributed by atoms with van der Waals surface area (Å²) in [6, 6.07) is 0.